The Morgan fingerprint density at radius 1 is 1.14 bits per heavy atom. The lowest BCUT2D eigenvalue weighted by Crippen LogP contribution is -2.36. The Hall–Kier alpha value is -2.20. The van der Waals surface area contributed by atoms with E-state index in [-0.39, 0.29) is 6.09 Å². The monoisotopic (exact) mass is 292 g/mol. The molecule has 1 heterocycles. The van der Waals surface area contributed by atoms with Crippen molar-refractivity contribution < 1.29 is 18.9 Å². The lowest BCUT2D eigenvalue weighted by atomic mass is 10.2. The van der Waals surface area contributed by atoms with Crippen molar-refractivity contribution in [2.75, 3.05) is 19.7 Å². The molecule has 0 fully saturated rings. The Kier molecular flexibility index (Phi) is 9.32. The number of hydrogen-bond acceptors (Lipinski definition) is 4. The first kappa shape index (κ1) is 16.9. The second-order valence-electron chi connectivity index (χ2n) is 4.56. The number of ether oxygens (including phenoxy) is 1. The average Bonchev–Trinajstić information content (AvgIpc) is 2.51. The minimum absolute atomic E-state index is 0.351. The largest absolute Gasteiger partial charge is 0.443 e. The summed E-state index contributed by atoms with van der Waals surface area (Å²) >= 11 is 0. The number of rotatable bonds is 10. The van der Waals surface area contributed by atoms with Gasteiger partial charge < -0.3 is 10.1 Å². The molecule has 0 spiro atoms. The van der Waals surface area contributed by atoms with Gasteiger partial charge >= 0.3 is 6.09 Å². The third-order valence-electron chi connectivity index (χ3n) is 2.89. The summed E-state index contributed by atoms with van der Waals surface area (Å²) in [5.74, 6) is 0. The molecule has 0 saturated heterocycles. The fourth-order valence-corrected chi connectivity index (χ4v) is 1.78. The molecule has 0 bridgehead atoms. The zero-order valence-electron chi connectivity index (χ0n) is 12.2. The van der Waals surface area contributed by atoms with Crippen molar-refractivity contribution >= 4 is 12.2 Å². The van der Waals surface area contributed by atoms with Crippen molar-refractivity contribution in [2.24, 2.45) is 4.99 Å². The van der Waals surface area contributed by atoms with E-state index in [0.717, 1.165) is 25.7 Å². The van der Waals surface area contributed by atoms with Crippen LogP contribution in [0.3, 0.4) is 0 Å². The second kappa shape index (κ2) is 11.6. The van der Waals surface area contributed by atoms with Crippen LogP contribution in [-0.2, 0) is 16.1 Å². The lowest BCUT2D eigenvalue weighted by molar-refractivity contribution is -0.697. The molecule has 0 aliphatic carbocycles. The van der Waals surface area contributed by atoms with Crippen LogP contribution in [0.5, 0.6) is 0 Å². The fraction of sp³-hybridized carbons (Fsp3) is 0.533. The van der Waals surface area contributed by atoms with Crippen LogP contribution < -0.4 is 9.88 Å². The summed E-state index contributed by atoms with van der Waals surface area (Å²) in [7, 11) is 0. The van der Waals surface area contributed by atoms with Crippen LogP contribution in [0.25, 0.3) is 0 Å². The van der Waals surface area contributed by atoms with Crippen molar-refractivity contribution in [1.82, 2.24) is 5.32 Å². The maximum absolute atomic E-state index is 11.4. The smallest absolute Gasteiger partial charge is 0.407 e. The van der Waals surface area contributed by atoms with Crippen molar-refractivity contribution in [3.63, 3.8) is 0 Å². The van der Waals surface area contributed by atoms with Gasteiger partial charge in [-0.25, -0.2) is 19.1 Å². The minimum atomic E-state index is -0.378. The van der Waals surface area contributed by atoms with Crippen LogP contribution >= 0.6 is 0 Å². The lowest BCUT2D eigenvalue weighted by Gasteiger charge is -2.05. The number of amides is 1. The van der Waals surface area contributed by atoms with E-state index in [2.05, 4.69) is 10.3 Å². The summed E-state index contributed by atoms with van der Waals surface area (Å²) in [5, 5.41) is 2.71. The van der Waals surface area contributed by atoms with E-state index in [4.69, 9.17) is 4.74 Å². The molecule has 1 N–H and O–H groups in total. The highest BCUT2D eigenvalue weighted by Crippen LogP contribution is 1.98. The molecule has 0 unspecified atom stereocenters. The Bertz CT molecular complexity index is 445. The maximum Gasteiger partial charge on any atom is 0.407 e. The third kappa shape index (κ3) is 9.35. The van der Waals surface area contributed by atoms with Gasteiger partial charge in [0.2, 0.25) is 6.08 Å². The number of alkyl carbamates (subject to hydrolysis) is 1. The fourth-order valence-electron chi connectivity index (χ4n) is 1.78. The summed E-state index contributed by atoms with van der Waals surface area (Å²) in [5.41, 5.74) is 0. The van der Waals surface area contributed by atoms with E-state index < -0.39 is 0 Å². The predicted octanol–water partition coefficient (Wildman–Crippen LogP) is 1.60. The van der Waals surface area contributed by atoms with Gasteiger partial charge in [-0.05, 0) is 12.8 Å². The molecule has 1 amide bonds. The molecule has 0 atom stereocenters. The SMILES string of the molecule is O=C=NCCCCCCNC(=O)OCC[n+]1ccccc1. The van der Waals surface area contributed by atoms with Crippen LogP contribution in [0.1, 0.15) is 25.7 Å². The Morgan fingerprint density at radius 3 is 2.67 bits per heavy atom. The standard InChI is InChI=1S/C15H21N3O3/c19-14-16-8-4-1-2-5-9-17-15(20)21-13-12-18-10-6-3-7-11-18/h3,6-7,10-11H,1-2,4-5,8-9,12-13H2/p+1. The summed E-state index contributed by atoms with van der Waals surface area (Å²) in [4.78, 5) is 24.7. The second-order valence-corrected chi connectivity index (χ2v) is 4.56. The molecule has 21 heavy (non-hydrogen) atoms. The quantitative estimate of drug-likeness (QED) is 0.308. The van der Waals surface area contributed by atoms with Crippen LogP contribution in [0.4, 0.5) is 4.79 Å². The van der Waals surface area contributed by atoms with E-state index in [1.165, 1.54) is 6.08 Å². The molecule has 1 aromatic rings. The topological polar surface area (TPSA) is 71.6 Å². The first-order chi connectivity index (χ1) is 10.3. The highest BCUT2D eigenvalue weighted by atomic mass is 16.5. The first-order valence-electron chi connectivity index (χ1n) is 7.21. The number of pyridine rings is 1. The van der Waals surface area contributed by atoms with Crippen molar-refractivity contribution in [3.05, 3.63) is 30.6 Å². The molecule has 6 heteroatoms. The van der Waals surface area contributed by atoms with E-state index in [9.17, 15) is 9.59 Å². The highest BCUT2D eigenvalue weighted by molar-refractivity contribution is 5.66. The zero-order valence-corrected chi connectivity index (χ0v) is 12.2. The summed E-state index contributed by atoms with van der Waals surface area (Å²) in [6, 6.07) is 5.80. The Labute approximate surface area is 124 Å². The Morgan fingerprint density at radius 2 is 1.90 bits per heavy atom. The molecule has 1 rings (SSSR count). The zero-order chi connectivity index (χ0) is 15.2. The first-order valence-corrected chi connectivity index (χ1v) is 7.21. The van der Waals surface area contributed by atoms with Crippen molar-refractivity contribution in [1.29, 1.82) is 0 Å². The van der Waals surface area contributed by atoms with Gasteiger partial charge in [-0.15, -0.1) is 0 Å². The number of nitrogens with zero attached hydrogens (tertiary/aromatic N) is 2. The molecule has 0 aromatic carbocycles. The highest BCUT2D eigenvalue weighted by Gasteiger charge is 2.03. The van der Waals surface area contributed by atoms with E-state index >= 15 is 0 Å². The van der Waals surface area contributed by atoms with Gasteiger partial charge in [0, 0.05) is 18.7 Å². The number of unbranched alkanes of at least 4 members (excludes halogenated alkanes) is 3. The van der Waals surface area contributed by atoms with Crippen LogP contribution in [0, 0.1) is 0 Å². The van der Waals surface area contributed by atoms with Crippen LogP contribution in [-0.4, -0.2) is 31.9 Å². The van der Waals surface area contributed by atoms with Gasteiger partial charge in [0.25, 0.3) is 0 Å². The third-order valence-corrected chi connectivity index (χ3v) is 2.89. The molecule has 0 saturated carbocycles. The summed E-state index contributed by atoms with van der Waals surface area (Å²) in [6.07, 6.45) is 8.76. The predicted molar refractivity (Wildman–Crippen MR) is 77.4 cm³/mol. The van der Waals surface area contributed by atoms with E-state index in [1.54, 1.807) is 0 Å². The number of isocyanates is 1. The number of aliphatic imine (C=N–C) groups is 1. The molecule has 0 radical (unpaired) electrons. The average molecular weight is 292 g/mol. The summed E-state index contributed by atoms with van der Waals surface area (Å²) < 4.78 is 7.03. The number of aromatic nitrogens is 1. The number of hydrogen-bond donors (Lipinski definition) is 1. The van der Waals surface area contributed by atoms with Gasteiger partial charge in [0.15, 0.2) is 25.5 Å². The van der Waals surface area contributed by atoms with Crippen LogP contribution in [0.2, 0.25) is 0 Å². The van der Waals surface area contributed by atoms with Crippen molar-refractivity contribution in [3.8, 4) is 0 Å². The molecule has 0 aliphatic rings. The number of carbonyl (C=O) groups excluding carboxylic acids is 2. The van der Waals surface area contributed by atoms with Crippen molar-refractivity contribution in [2.45, 2.75) is 32.2 Å². The number of nitrogens with one attached hydrogen (secondary N) is 1. The minimum Gasteiger partial charge on any atom is -0.443 e. The van der Waals surface area contributed by atoms with Gasteiger partial charge in [-0.1, -0.05) is 18.9 Å². The van der Waals surface area contributed by atoms with Crippen LogP contribution in [0.15, 0.2) is 35.6 Å². The normalized spacial score (nSPS) is 9.71. The molecular weight excluding hydrogens is 270 g/mol. The van der Waals surface area contributed by atoms with Gasteiger partial charge in [0.05, 0.1) is 6.54 Å². The molecule has 0 aliphatic heterocycles. The van der Waals surface area contributed by atoms with E-state index in [0.29, 0.717) is 26.2 Å². The van der Waals surface area contributed by atoms with E-state index in [1.807, 2.05) is 35.2 Å². The Balaban J connectivity index is 1.93. The molecule has 1 aromatic heterocycles. The van der Waals surface area contributed by atoms with Gasteiger partial charge in [-0.3, -0.25) is 0 Å². The molecule has 6 nitrogen and oxygen atoms in total. The van der Waals surface area contributed by atoms with Gasteiger partial charge in [-0.2, -0.15) is 0 Å². The summed E-state index contributed by atoms with van der Waals surface area (Å²) in [6.45, 7) is 2.14. The number of carbonyl (C=O) groups is 1. The molecular formula is C15H22N3O3+. The molecule has 114 valence electrons. The maximum atomic E-state index is 11.4. The van der Waals surface area contributed by atoms with Gasteiger partial charge in [0.1, 0.15) is 0 Å².